The van der Waals surface area contributed by atoms with E-state index in [1.54, 1.807) is 0 Å². The van der Waals surface area contributed by atoms with Gasteiger partial charge in [0.2, 0.25) is 0 Å². The van der Waals surface area contributed by atoms with E-state index in [-0.39, 0.29) is 5.91 Å². The second-order valence-electron chi connectivity index (χ2n) is 6.58. The molecule has 5 heteroatoms. The Balaban J connectivity index is 1.75. The van der Waals surface area contributed by atoms with Crippen LogP contribution in [0.5, 0.6) is 0 Å². The number of carbonyl (C=O) groups excluding carboxylic acids is 1. The van der Waals surface area contributed by atoms with Crippen molar-refractivity contribution in [3.63, 3.8) is 0 Å². The summed E-state index contributed by atoms with van der Waals surface area (Å²) in [6.07, 6.45) is 2.88. The molecule has 25 heavy (non-hydrogen) atoms. The molecule has 2 heterocycles. The van der Waals surface area contributed by atoms with Gasteiger partial charge in [-0.2, -0.15) is 0 Å². The van der Waals surface area contributed by atoms with Crippen molar-refractivity contribution in [1.29, 1.82) is 0 Å². The number of nitrogens with one attached hydrogen (secondary N) is 1. The number of nitrogens with zero attached hydrogens (tertiary/aromatic N) is 2. The third kappa shape index (κ3) is 4.63. The molecule has 3 rings (SSSR count). The van der Waals surface area contributed by atoms with E-state index in [9.17, 15) is 4.79 Å². The lowest BCUT2D eigenvalue weighted by Crippen LogP contribution is -2.29. The summed E-state index contributed by atoms with van der Waals surface area (Å²) in [7, 11) is 0. The van der Waals surface area contributed by atoms with Gasteiger partial charge in [-0.05, 0) is 38.0 Å². The van der Waals surface area contributed by atoms with Gasteiger partial charge in [-0.1, -0.05) is 19.1 Å². The third-order valence-electron chi connectivity index (χ3n) is 4.37. The summed E-state index contributed by atoms with van der Waals surface area (Å²) in [4.78, 5) is 21.6. The number of amides is 1. The zero-order valence-corrected chi connectivity index (χ0v) is 14.9. The summed E-state index contributed by atoms with van der Waals surface area (Å²) in [5.74, 6) is 1.23. The van der Waals surface area contributed by atoms with E-state index in [0.29, 0.717) is 18.0 Å². The minimum atomic E-state index is -0.0479. The molecule has 5 nitrogen and oxygen atoms in total. The molecule has 0 saturated carbocycles. The summed E-state index contributed by atoms with van der Waals surface area (Å²) < 4.78 is 5.35. The van der Waals surface area contributed by atoms with E-state index < -0.39 is 0 Å². The number of ether oxygens (including phenoxy) is 1. The second-order valence-corrected chi connectivity index (χ2v) is 6.58. The normalized spacial score (nSPS) is 16.8. The minimum Gasteiger partial charge on any atom is -0.381 e. The second kappa shape index (κ2) is 8.21. The van der Waals surface area contributed by atoms with Crippen LogP contribution in [0.25, 0.3) is 11.3 Å². The Morgan fingerprint density at radius 3 is 2.96 bits per heavy atom. The molecular weight excluding hydrogens is 314 g/mol. The molecule has 1 aliphatic heterocycles. The molecule has 1 amide bonds. The lowest BCUT2D eigenvalue weighted by Gasteiger charge is -2.11. The zero-order valence-electron chi connectivity index (χ0n) is 14.9. The van der Waals surface area contributed by atoms with Gasteiger partial charge >= 0.3 is 0 Å². The van der Waals surface area contributed by atoms with E-state index in [2.05, 4.69) is 22.2 Å². The number of carbonyl (C=O) groups is 1. The highest BCUT2D eigenvalue weighted by atomic mass is 16.5. The number of hydrogen-bond acceptors (Lipinski definition) is 4. The standard InChI is InChI=1S/C20H25N3O2/c1-3-5-19-22-14(2)10-18(23-19)16-6-4-7-17(11-16)20(24)21-12-15-8-9-25-13-15/h4,6-7,10-11,15H,3,5,8-9,12-13H2,1-2H3,(H,21,24). The predicted octanol–water partition coefficient (Wildman–Crippen LogP) is 3.17. The fourth-order valence-electron chi connectivity index (χ4n) is 3.02. The van der Waals surface area contributed by atoms with Gasteiger partial charge in [0.25, 0.3) is 5.91 Å². The number of benzene rings is 1. The van der Waals surface area contributed by atoms with Crippen LogP contribution in [0, 0.1) is 12.8 Å². The van der Waals surface area contributed by atoms with E-state index in [1.165, 1.54) is 0 Å². The molecule has 1 unspecified atom stereocenters. The van der Waals surface area contributed by atoms with Gasteiger partial charge in [0.1, 0.15) is 5.82 Å². The molecule has 0 aliphatic carbocycles. The molecule has 1 aromatic carbocycles. The van der Waals surface area contributed by atoms with Crippen molar-refractivity contribution in [1.82, 2.24) is 15.3 Å². The number of rotatable bonds is 6. The van der Waals surface area contributed by atoms with Crippen molar-refractivity contribution in [3.8, 4) is 11.3 Å². The molecule has 1 fully saturated rings. The van der Waals surface area contributed by atoms with E-state index in [4.69, 9.17) is 4.74 Å². The SMILES string of the molecule is CCCc1nc(C)cc(-c2cccc(C(=O)NCC3CCOC3)c2)n1. The first-order valence-electron chi connectivity index (χ1n) is 8.96. The summed E-state index contributed by atoms with van der Waals surface area (Å²) in [5.41, 5.74) is 3.42. The fourth-order valence-corrected chi connectivity index (χ4v) is 3.02. The summed E-state index contributed by atoms with van der Waals surface area (Å²) in [6.45, 7) is 6.29. The Bertz CT molecular complexity index is 739. The molecule has 0 bridgehead atoms. The Hall–Kier alpha value is -2.27. The molecular formula is C20H25N3O2. The molecule has 1 atom stereocenters. The van der Waals surface area contributed by atoms with E-state index >= 15 is 0 Å². The smallest absolute Gasteiger partial charge is 0.251 e. The maximum absolute atomic E-state index is 12.4. The topological polar surface area (TPSA) is 64.1 Å². The molecule has 1 aromatic heterocycles. The Morgan fingerprint density at radius 1 is 1.32 bits per heavy atom. The first-order chi connectivity index (χ1) is 12.2. The van der Waals surface area contributed by atoms with Gasteiger partial charge < -0.3 is 10.1 Å². The highest BCUT2D eigenvalue weighted by Crippen LogP contribution is 2.20. The van der Waals surface area contributed by atoms with Crippen LogP contribution in [-0.4, -0.2) is 35.6 Å². The van der Waals surface area contributed by atoms with Gasteiger partial charge in [0.15, 0.2) is 0 Å². The fraction of sp³-hybridized carbons (Fsp3) is 0.450. The maximum atomic E-state index is 12.4. The van der Waals surface area contributed by atoms with Gasteiger partial charge in [0, 0.05) is 42.3 Å². The van der Waals surface area contributed by atoms with Gasteiger partial charge in [-0.3, -0.25) is 4.79 Å². The highest BCUT2D eigenvalue weighted by molar-refractivity contribution is 5.95. The summed E-state index contributed by atoms with van der Waals surface area (Å²) in [5, 5.41) is 3.01. The minimum absolute atomic E-state index is 0.0479. The molecule has 1 saturated heterocycles. The van der Waals surface area contributed by atoms with E-state index in [1.807, 2.05) is 37.3 Å². The van der Waals surface area contributed by atoms with Crippen molar-refractivity contribution in [2.45, 2.75) is 33.1 Å². The molecule has 132 valence electrons. The van der Waals surface area contributed by atoms with Crippen LogP contribution in [0.2, 0.25) is 0 Å². The van der Waals surface area contributed by atoms with Gasteiger partial charge in [-0.25, -0.2) is 9.97 Å². The largest absolute Gasteiger partial charge is 0.381 e. The molecule has 2 aromatic rings. The Labute approximate surface area is 148 Å². The number of hydrogen-bond donors (Lipinski definition) is 1. The average molecular weight is 339 g/mol. The third-order valence-corrected chi connectivity index (χ3v) is 4.37. The van der Waals surface area contributed by atoms with Crippen LogP contribution in [0.4, 0.5) is 0 Å². The molecule has 0 radical (unpaired) electrons. The maximum Gasteiger partial charge on any atom is 0.251 e. The van der Waals surface area contributed by atoms with E-state index in [0.717, 1.165) is 55.3 Å². The lowest BCUT2D eigenvalue weighted by molar-refractivity contribution is 0.0945. The van der Waals surface area contributed by atoms with Crippen LogP contribution < -0.4 is 5.32 Å². The van der Waals surface area contributed by atoms with Crippen molar-refractivity contribution in [2.75, 3.05) is 19.8 Å². The highest BCUT2D eigenvalue weighted by Gasteiger charge is 2.17. The van der Waals surface area contributed by atoms with Gasteiger partial charge in [0.05, 0.1) is 12.3 Å². The average Bonchev–Trinajstić information content (AvgIpc) is 3.13. The number of aryl methyl sites for hydroxylation is 2. The Kier molecular flexibility index (Phi) is 5.76. The first-order valence-corrected chi connectivity index (χ1v) is 8.96. The summed E-state index contributed by atoms with van der Waals surface area (Å²) >= 11 is 0. The molecule has 1 N–H and O–H groups in total. The zero-order chi connectivity index (χ0) is 17.6. The first kappa shape index (κ1) is 17.5. The van der Waals surface area contributed by atoms with Crippen molar-refractivity contribution >= 4 is 5.91 Å². The van der Waals surface area contributed by atoms with Crippen molar-refractivity contribution in [3.05, 3.63) is 47.4 Å². The van der Waals surface area contributed by atoms with Crippen LogP contribution in [0.1, 0.15) is 41.6 Å². The van der Waals surface area contributed by atoms with Crippen LogP contribution in [-0.2, 0) is 11.2 Å². The monoisotopic (exact) mass is 339 g/mol. The Morgan fingerprint density at radius 2 is 2.20 bits per heavy atom. The van der Waals surface area contributed by atoms with Crippen LogP contribution in [0.3, 0.4) is 0 Å². The number of aromatic nitrogens is 2. The molecule has 0 spiro atoms. The predicted molar refractivity (Wildman–Crippen MR) is 97.5 cm³/mol. The van der Waals surface area contributed by atoms with Crippen molar-refractivity contribution < 1.29 is 9.53 Å². The van der Waals surface area contributed by atoms with Gasteiger partial charge in [-0.15, -0.1) is 0 Å². The summed E-state index contributed by atoms with van der Waals surface area (Å²) in [6, 6.07) is 9.59. The van der Waals surface area contributed by atoms with Crippen molar-refractivity contribution in [2.24, 2.45) is 5.92 Å². The van der Waals surface area contributed by atoms with Crippen LogP contribution >= 0.6 is 0 Å². The molecule has 1 aliphatic rings. The lowest BCUT2D eigenvalue weighted by atomic mass is 10.1. The quantitative estimate of drug-likeness (QED) is 0.878. The van der Waals surface area contributed by atoms with Crippen LogP contribution in [0.15, 0.2) is 30.3 Å².